The topological polar surface area (TPSA) is 81.6 Å². The van der Waals surface area contributed by atoms with Crippen LogP contribution in [0, 0.1) is 0 Å². The summed E-state index contributed by atoms with van der Waals surface area (Å²) in [4.78, 5) is 16.2. The molecule has 0 unspecified atom stereocenters. The Morgan fingerprint density at radius 2 is 1.71 bits per heavy atom. The summed E-state index contributed by atoms with van der Waals surface area (Å²) in [5.74, 6) is 0.890. The van der Waals surface area contributed by atoms with Gasteiger partial charge in [0.15, 0.2) is 6.61 Å². The van der Waals surface area contributed by atoms with Crippen LogP contribution in [0.3, 0.4) is 0 Å². The lowest BCUT2D eigenvalue weighted by Crippen LogP contribution is -2.20. The van der Waals surface area contributed by atoms with Crippen molar-refractivity contribution in [2.45, 2.75) is 26.7 Å². The Morgan fingerprint density at radius 3 is 2.42 bits per heavy atom. The summed E-state index contributed by atoms with van der Waals surface area (Å²) in [6.45, 7) is 4.12. The van der Waals surface area contributed by atoms with E-state index in [0.717, 1.165) is 41.3 Å². The molecule has 6 heteroatoms. The molecular weight excluding hydrogens is 388 g/mol. The van der Waals surface area contributed by atoms with Crippen LogP contribution in [-0.2, 0) is 17.6 Å². The standard InChI is InChI=1S/C25H26N4O2/c1-3-17-10-9-11-18(4-2)23(17)28-25-24(27-22-14-7-8-15-29(22)25)19-12-5-6-13-20(19)31-16-21(26)30/h5-15,28H,3-4,16H2,1-2H3,(H2,26,30). The zero-order valence-corrected chi connectivity index (χ0v) is 17.8. The molecule has 2 heterocycles. The molecule has 0 saturated heterocycles. The van der Waals surface area contributed by atoms with E-state index in [-0.39, 0.29) is 6.61 Å². The van der Waals surface area contributed by atoms with Crippen molar-refractivity contribution >= 4 is 23.1 Å². The fraction of sp³-hybridized carbons (Fsp3) is 0.200. The molecule has 31 heavy (non-hydrogen) atoms. The molecule has 1 amide bonds. The lowest BCUT2D eigenvalue weighted by molar-refractivity contribution is -0.119. The number of anilines is 2. The number of amides is 1. The molecule has 158 valence electrons. The monoisotopic (exact) mass is 414 g/mol. The van der Waals surface area contributed by atoms with Gasteiger partial charge in [-0.15, -0.1) is 0 Å². The Kier molecular flexibility index (Phi) is 5.89. The minimum absolute atomic E-state index is 0.189. The maximum absolute atomic E-state index is 11.3. The maximum atomic E-state index is 11.3. The molecule has 0 spiro atoms. The minimum Gasteiger partial charge on any atom is -0.483 e. The van der Waals surface area contributed by atoms with E-state index in [1.54, 1.807) is 0 Å². The van der Waals surface area contributed by atoms with Gasteiger partial charge in [-0.05, 0) is 48.2 Å². The molecule has 0 aliphatic rings. The number of hydrogen-bond acceptors (Lipinski definition) is 4. The third-order valence-electron chi connectivity index (χ3n) is 5.28. The normalized spacial score (nSPS) is 10.9. The zero-order valence-electron chi connectivity index (χ0n) is 17.8. The first-order valence-corrected chi connectivity index (χ1v) is 10.5. The molecule has 0 bridgehead atoms. The Bertz CT molecular complexity index is 1210. The van der Waals surface area contributed by atoms with Gasteiger partial charge in [0, 0.05) is 17.4 Å². The molecular formula is C25H26N4O2. The van der Waals surface area contributed by atoms with Crippen molar-refractivity contribution in [1.29, 1.82) is 0 Å². The van der Waals surface area contributed by atoms with Crippen LogP contribution >= 0.6 is 0 Å². The number of para-hydroxylation sites is 2. The van der Waals surface area contributed by atoms with Crippen LogP contribution in [0.25, 0.3) is 16.9 Å². The summed E-state index contributed by atoms with van der Waals surface area (Å²) in [7, 11) is 0. The highest BCUT2D eigenvalue weighted by Gasteiger charge is 2.19. The molecule has 0 aliphatic heterocycles. The first-order chi connectivity index (χ1) is 15.1. The third kappa shape index (κ3) is 4.10. The summed E-state index contributed by atoms with van der Waals surface area (Å²) in [5, 5.41) is 3.68. The van der Waals surface area contributed by atoms with Crippen molar-refractivity contribution in [2.24, 2.45) is 5.73 Å². The van der Waals surface area contributed by atoms with E-state index in [4.69, 9.17) is 15.5 Å². The Morgan fingerprint density at radius 1 is 1.00 bits per heavy atom. The number of aromatic nitrogens is 2. The summed E-state index contributed by atoms with van der Waals surface area (Å²) in [6, 6.07) is 19.9. The number of carbonyl (C=O) groups excluding carboxylic acids is 1. The van der Waals surface area contributed by atoms with E-state index in [2.05, 4.69) is 37.4 Å². The van der Waals surface area contributed by atoms with E-state index in [0.29, 0.717) is 5.75 Å². The fourth-order valence-corrected chi connectivity index (χ4v) is 3.76. The van der Waals surface area contributed by atoms with Gasteiger partial charge in [0.05, 0.1) is 0 Å². The first kappa shape index (κ1) is 20.5. The maximum Gasteiger partial charge on any atom is 0.255 e. The van der Waals surface area contributed by atoms with Crippen molar-refractivity contribution in [3.63, 3.8) is 0 Å². The number of ether oxygens (including phenoxy) is 1. The number of primary amides is 1. The fourth-order valence-electron chi connectivity index (χ4n) is 3.76. The minimum atomic E-state index is -0.521. The van der Waals surface area contributed by atoms with Crippen molar-refractivity contribution < 1.29 is 9.53 Å². The van der Waals surface area contributed by atoms with Crippen LogP contribution in [-0.4, -0.2) is 21.9 Å². The zero-order chi connectivity index (χ0) is 21.8. The molecule has 4 rings (SSSR count). The molecule has 0 fully saturated rings. The summed E-state index contributed by atoms with van der Waals surface area (Å²) >= 11 is 0. The van der Waals surface area contributed by atoms with Crippen LogP contribution in [0.15, 0.2) is 66.9 Å². The smallest absolute Gasteiger partial charge is 0.255 e. The second kappa shape index (κ2) is 8.92. The highest BCUT2D eigenvalue weighted by molar-refractivity contribution is 5.84. The van der Waals surface area contributed by atoms with Crippen LogP contribution in [0.1, 0.15) is 25.0 Å². The van der Waals surface area contributed by atoms with Gasteiger partial charge in [0.25, 0.3) is 5.91 Å². The SMILES string of the molecule is CCc1cccc(CC)c1Nc1c(-c2ccccc2OCC(N)=O)nc2ccccn12. The first-order valence-electron chi connectivity index (χ1n) is 10.5. The number of pyridine rings is 1. The van der Waals surface area contributed by atoms with Crippen LogP contribution in [0.5, 0.6) is 5.75 Å². The molecule has 4 aromatic rings. The van der Waals surface area contributed by atoms with Gasteiger partial charge >= 0.3 is 0 Å². The molecule has 2 aromatic carbocycles. The average molecular weight is 415 g/mol. The Hall–Kier alpha value is -3.80. The predicted octanol–water partition coefficient (Wildman–Crippen LogP) is 4.73. The number of nitrogens with two attached hydrogens (primary N) is 1. The van der Waals surface area contributed by atoms with Gasteiger partial charge in [-0.3, -0.25) is 9.20 Å². The molecule has 2 aromatic heterocycles. The molecule has 6 nitrogen and oxygen atoms in total. The van der Waals surface area contributed by atoms with Crippen molar-refractivity contribution in [3.05, 3.63) is 78.0 Å². The van der Waals surface area contributed by atoms with Crippen molar-refractivity contribution in [2.75, 3.05) is 11.9 Å². The number of rotatable bonds is 8. The number of fused-ring (bicyclic) bond motifs is 1. The van der Waals surface area contributed by atoms with E-state index < -0.39 is 5.91 Å². The highest BCUT2D eigenvalue weighted by Crippen LogP contribution is 2.38. The summed E-state index contributed by atoms with van der Waals surface area (Å²) < 4.78 is 7.73. The molecule has 0 saturated carbocycles. The quantitative estimate of drug-likeness (QED) is 0.437. The van der Waals surface area contributed by atoms with Gasteiger partial charge in [-0.2, -0.15) is 0 Å². The largest absolute Gasteiger partial charge is 0.483 e. The molecule has 0 aliphatic carbocycles. The summed E-state index contributed by atoms with van der Waals surface area (Å²) in [6.07, 6.45) is 3.82. The highest BCUT2D eigenvalue weighted by atomic mass is 16.5. The summed E-state index contributed by atoms with van der Waals surface area (Å²) in [5.41, 5.74) is 11.2. The number of imidazole rings is 1. The van der Waals surface area contributed by atoms with Crippen molar-refractivity contribution in [1.82, 2.24) is 9.38 Å². The number of hydrogen-bond donors (Lipinski definition) is 2. The number of nitrogens with one attached hydrogen (secondary N) is 1. The van der Waals surface area contributed by atoms with Crippen LogP contribution < -0.4 is 15.8 Å². The lowest BCUT2D eigenvalue weighted by atomic mass is 10.0. The number of carbonyl (C=O) groups is 1. The predicted molar refractivity (Wildman–Crippen MR) is 124 cm³/mol. The average Bonchev–Trinajstić information content (AvgIpc) is 3.16. The van der Waals surface area contributed by atoms with Crippen LogP contribution in [0.4, 0.5) is 11.5 Å². The van der Waals surface area contributed by atoms with Crippen LogP contribution in [0.2, 0.25) is 0 Å². The second-order valence-electron chi connectivity index (χ2n) is 7.27. The number of nitrogens with zero attached hydrogens (tertiary/aromatic N) is 2. The van der Waals surface area contributed by atoms with Gasteiger partial charge in [0.1, 0.15) is 22.9 Å². The van der Waals surface area contributed by atoms with E-state index in [9.17, 15) is 4.79 Å². The number of benzene rings is 2. The van der Waals surface area contributed by atoms with Gasteiger partial charge in [0.2, 0.25) is 0 Å². The Balaban J connectivity index is 1.89. The molecule has 3 N–H and O–H groups in total. The third-order valence-corrected chi connectivity index (χ3v) is 5.28. The molecule has 0 atom stereocenters. The Labute approximate surface area is 181 Å². The van der Waals surface area contributed by atoms with Crippen molar-refractivity contribution in [3.8, 4) is 17.0 Å². The van der Waals surface area contributed by atoms with Gasteiger partial charge in [-0.1, -0.05) is 50.2 Å². The lowest BCUT2D eigenvalue weighted by Gasteiger charge is -2.17. The number of aryl methyl sites for hydroxylation is 2. The van der Waals surface area contributed by atoms with E-state index in [1.807, 2.05) is 53.1 Å². The van der Waals surface area contributed by atoms with Gasteiger partial charge < -0.3 is 15.8 Å². The second-order valence-corrected chi connectivity index (χ2v) is 7.27. The molecule has 0 radical (unpaired) electrons. The van der Waals surface area contributed by atoms with Gasteiger partial charge in [-0.25, -0.2) is 4.98 Å². The van der Waals surface area contributed by atoms with E-state index in [1.165, 1.54) is 11.1 Å². The van der Waals surface area contributed by atoms with E-state index >= 15 is 0 Å².